The Kier molecular flexibility index (Phi) is 4.59. The highest BCUT2D eigenvalue weighted by Crippen LogP contribution is 2.31. The second-order valence-corrected chi connectivity index (χ2v) is 7.50. The molecule has 4 aromatic rings. The van der Waals surface area contributed by atoms with Crippen LogP contribution in [0.5, 0.6) is 0 Å². The smallest absolute Gasteiger partial charge is 0.342 e. The van der Waals surface area contributed by atoms with Crippen molar-refractivity contribution in [2.75, 3.05) is 0 Å². The first-order valence-corrected chi connectivity index (χ1v) is 9.92. The fourth-order valence-corrected chi connectivity index (χ4v) is 3.95. The fraction of sp³-hybridized carbons (Fsp3) is 0.0800. The average Bonchev–Trinajstić information content (AvgIpc) is 3.18. The Hall–Kier alpha value is -4.19. The first-order valence-electron chi connectivity index (χ1n) is 9.92. The van der Waals surface area contributed by atoms with Crippen molar-refractivity contribution in [3.63, 3.8) is 0 Å². The first-order chi connectivity index (χ1) is 15.1. The minimum Gasteiger partial charge on any atom is -0.394 e. The number of nitro groups is 1. The van der Waals surface area contributed by atoms with Crippen molar-refractivity contribution < 1.29 is 14.7 Å². The van der Waals surface area contributed by atoms with Crippen LogP contribution in [0.2, 0.25) is 0 Å². The molecule has 6 nitrogen and oxygen atoms in total. The number of allylic oxidation sites excluding steroid dienone is 1. The van der Waals surface area contributed by atoms with Gasteiger partial charge in [-0.3, -0.25) is 15.3 Å². The zero-order valence-corrected chi connectivity index (χ0v) is 16.5. The SMILES string of the molecule is O=[N+]([O-])/C(=C/c1ccc2ccccc2c1)C1=[N+]([O-])OC(c2ccc3ccccc3c2)C1. The summed E-state index contributed by atoms with van der Waals surface area (Å²) in [6.45, 7) is 0. The van der Waals surface area contributed by atoms with Gasteiger partial charge in [-0.1, -0.05) is 72.8 Å². The van der Waals surface area contributed by atoms with Crippen LogP contribution < -0.4 is 0 Å². The number of hydrogen-bond donors (Lipinski definition) is 0. The fourth-order valence-electron chi connectivity index (χ4n) is 3.95. The van der Waals surface area contributed by atoms with E-state index in [1.807, 2.05) is 78.9 Å². The molecule has 4 aromatic carbocycles. The van der Waals surface area contributed by atoms with Crippen molar-refractivity contribution >= 4 is 33.3 Å². The molecule has 0 bridgehead atoms. The Labute approximate surface area is 178 Å². The summed E-state index contributed by atoms with van der Waals surface area (Å²) in [5.41, 5.74) is 1.22. The quantitative estimate of drug-likeness (QED) is 0.248. The molecule has 0 N–H and O–H groups in total. The number of benzene rings is 4. The molecule has 1 atom stereocenters. The second-order valence-electron chi connectivity index (χ2n) is 7.50. The molecule has 0 amide bonds. The van der Waals surface area contributed by atoms with Crippen molar-refractivity contribution in [1.82, 2.24) is 0 Å². The van der Waals surface area contributed by atoms with E-state index in [0.29, 0.717) is 5.56 Å². The molecule has 1 aliphatic heterocycles. The minimum atomic E-state index is -0.572. The second kappa shape index (κ2) is 7.57. The Morgan fingerprint density at radius 2 is 1.52 bits per heavy atom. The van der Waals surface area contributed by atoms with Crippen molar-refractivity contribution in [3.05, 3.63) is 117 Å². The van der Waals surface area contributed by atoms with Gasteiger partial charge in [-0.15, -0.1) is 0 Å². The Morgan fingerprint density at radius 1 is 0.903 bits per heavy atom. The molecule has 0 spiro atoms. The van der Waals surface area contributed by atoms with Crippen LogP contribution in [0.25, 0.3) is 27.6 Å². The molecule has 0 radical (unpaired) electrons. The molecular weight excluding hydrogens is 392 g/mol. The van der Waals surface area contributed by atoms with Gasteiger partial charge in [-0.2, -0.15) is 0 Å². The molecule has 152 valence electrons. The van der Waals surface area contributed by atoms with E-state index >= 15 is 0 Å². The molecule has 5 rings (SSSR count). The lowest BCUT2D eigenvalue weighted by molar-refractivity contribution is -0.743. The summed E-state index contributed by atoms with van der Waals surface area (Å²) >= 11 is 0. The van der Waals surface area contributed by atoms with Crippen LogP contribution in [-0.2, 0) is 4.84 Å². The summed E-state index contributed by atoms with van der Waals surface area (Å²) in [7, 11) is 0. The average molecular weight is 410 g/mol. The molecular formula is C25H18N2O4. The first kappa shape index (κ1) is 18.8. The molecule has 31 heavy (non-hydrogen) atoms. The number of hydrogen-bond acceptors (Lipinski definition) is 4. The van der Waals surface area contributed by atoms with Gasteiger partial charge in [0.1, 0.15) is 6.10 Å². The van der Waals surface area contributed by atoms with E-state index in [9.17, 15) is 15.3 Å². The van der Waals surface area contributed by atoms with Gasteiger partial charge in [0.15, 0.2) is 0 Å². The van der Waals surface area contributed by atoms with Crippen LogP contribution in [0, 0.1) is 15.3 Å². The topological polar surface area (TPSA) is 78.4 Å². The summed E-state index contributed by atoms with van der Waals surface area (Å²) in [5.74, 6) is 0. The maximum atomic E-state index is 12.5. The lowest BCUT2D eigenvalue weighted by Crippen LogP contribution is -2.16. The van der Waals surface area contributed by atoms with Gasteiger partial charge in [0.25, 0.3) is 0 Å². The van der Waals surface area contributed by atoms with E-state index in [1.54, 1.807) is 6.07 Å². The Balaban J connectivity index is 1.47. The summed E-state index contributed by atoms with van der Waals surface area (Å²) in [6.07, 6.45) is 0.984. The lowest BCUT2D eigenvalue weighted by atomic mass is 9.99. The van der Waals surface area contributed by atoms with E-state index in [0.717, 1.165) is 27.1 Å². The summed E-state index contributed by atoms with van der Waals surface area (Å²) < 4.78 is 0. The summed E-state index contributed by atoms with van der Waals surface area (Å²) in [5, 5.41) is 28.4. The molecule has 0 fully saturated rings. The normalized spacial score (nSPS) is 16.6. The molecule has 1 aliphatic rings. The highest BCUT2D eigenvalue weighted by Gasteiger charge is 2.38. The Morgan fingerprint density at radius 3 is 2.19 bits per heavy atom. The van der Waals surface area contributed by atoms with E-state index in [2.05, 4.69) is 0 Å². The molecule has 1 unspecified atom stereocenters. The molecule has 1 heterocycles. The largest absolute Gasteiger partial charge is 0.394 e. The van der Waals surface area contributed by atoms with Crippen LogP contribution in [0.4, 0.5) is 0 Å². The molecule has 0 saturated carbocycles. The van der Waals surface area contributed by atoms with Crippen molar-refractivity contribution in [2.45, 2.75) is 12.5 Å². The predicted octanol–water partition coefficient (Wildman–Crippen LogP) is 5.64. The van der Waals surface area contributed by atoms with Gasteiger partial charge in [-0.05, 0) is 44.8 Å². The highest BCUT2D eigenvalue weighted by atomic mass is 16.9. The lowest BCUT2D eigenvalue weighted by Gasteiger charge is -2.12. The van der Waals surface area contributed by atoms with Gasteiger partial charge in [0.2, 0.25) is 0 Å². The van der Waals surface area contributed by atoms with E-state index in [4.69, 9.17) is 4.84 Å². The number of fused-ring (bicyclic) bond motifs is 2. The zero-order valence-electron chi connectivity index (χ0n) is 16.5. The predicted molar refractivity (Wildman–Crippen MR) is 120 cm³/mol. The number of rotatable bonds is 4. The summed E-state index contributed by atoms with van der Waals surface area (Å²) in [6, 6.07) is 27.0. The van der Waals surface area contributed by atoms with Gasteiger partial charge < -0.3 is 4.84 Å². The third kappa shape index (κ3) is 3.59. The molecule has 0 aliphatic carbocycles. The van der Waals surface area contributed by atoms with Crippen molar-refractivity contribution in [3.8, 4) is 0 Å². The van der Waals surface area contributed by atoms with E-state index in [1.165, 1.54) is 6.08 Å². The van der Waals surface area contributed by atoms with Crippen LogP contribution >= 0.6 is 0 Å². The third-order valence-corrected chi connectivity index (χ3v) is 5.54. The van der Waals surface area contributed by atoms with Crippen LogP contribution in [-0.4, -0.2) is 15.5 Å². The summed E-state index contributed by atoms with van der Waals surface area (Å²) in [4.78, 5) is 17.0. The maximum Gasteiger partial charge on any atom is 0.342 e. The van der Waals surface area contributed by atoms with E-state index < -0.39 is 11.0 Å². The van der Waals surface area contributed by atoms with Gasteiger partial charge in [0.05, 0.1) is 11.3 Å². The molecule has 0 saturated heterocycles. The van der Waals surface area contributed by atoms with Crippen molar-refractivity contribution in [1.29, 1.82) is 0 Å². The standard InChI is InChI=1S/C25H18N2O4/c28-26(29)23(14-17-9-10-18-5-1-3-7-20(18)13-17)24-16-25(31-27(24)30)22-12-11-19-6-2-4-8-21(19)15-22/h1-15,25H,16H2/b23-14+. The van der Waals surface area contributed by atoms with Crippen LogP contribution in [0.1, 0.15) is 23.7 Å². The van der Waals surface area contributed by atoms with Gasteiger partial charge in [0, 0.05) is 11.0 Å². The van der Waals surface area contributed by atoms with Gasteiger partial charge >= 0.3 is 11.4 Å². The minimum absolute atomic E-state index is 0.0105. The maximum absolute atomic E-state index is 12.5. The number of nitrogens with zero attached hydrogens (tertiary/aromatic N) is 2. The van der Waals surface area contributed by atoms with E-state index in [-0.39, 0.29) is 22.7 Å². The molecule has 6 heteroatoms. The van der Waals surface area contributed by atoms with Gasteiger partial charge in [-0.25, -0.2) is 0 Å². The monoisotopic (exact) mass is 410 g/mol. The van der Waals surface area contributed by atoms with Crippen LogP contribution in [0.15, 0.2) is 90.6 Å². The third-order valence-electron chi connectivity index (χ3n) is 5.54. The highest BCUT2D eigenvalue weighted by molar-refractivity contribution is 5.99. The van der Waals surface area contributed by atoms with Crippen molar-refractivity contribution in [2.24, 2.45) is 0 Å². The zero-order chi connectivity index (χ0) is 21.4. The molecule has 0 aromatic heterocycles. The Bertz CT molecular complexity index is 1390. The van der Waals surface area contributed by atoms with Crippen LogP contribution in [0.3, 0.4) is 0 Å².